The van der Waals surface area contributed by atoms with Gasteiger partial charge in [0.1, 0.15) is 0 Å². The molecule has 1 unspecified atom stereocenters. The number of aromatic nitrogens is 2. The number of nitrogens with zero attached hydrogens (tertiary/aromatic N) is 4. The molecule has 3 aliphatic rings. The van der Waals surface area contributed by atoms with Crippen molar-refractivity contribution >= 4 is 24.3 Å². The van der Waals surface area contributed by atoms with E-state index < -0.39 is 29.2 Å². The number of likely N-dealkylation sites (tertiary alicyclic amines) is 2. The number of piperidine rings is 1. The molecule has 11 heteroatoms. The first-order valence-corrected chi connectivity index (χ1v) is 13.5. The molecule has 0 radical (unpaired) electrons. The van der Waals surface area contributed by atoms with Gasteiger partial charge in [0, 0.05) is 32.1 Å². The quantitative estimate of drug-likeness (QED) is 0.448. The zero-order chi connectivity index (χ0) is 27.2. The number of rotatable bonds is 7. The van der Waals surface area contributed by atoms with Gasteiger partial charge in [0.25, 0.3) is 5.91 Å². The number of alkyl halides is 3. The minimum Gasteiger partial charge on any atom is -0.481 e. The average Bonchev–Trinajstić information content (AvgIpc) is 3.42. The molecular weight excluding hydrogens is 533 g/mol. The molecule has 5 rings (SSSR count). The molecule has 214 valence electrons. The predicted octanol–water partition coefficient (Wildman–Crippen LogP) is 5.93. The van der Waals surface area contributed by atoms with Gasteiger partial charge in [-0.15, -0.1) is 12.4 Å². The maximum Gasteiger partial charge on any atom is 0.416 e. The molecule has 1 atom stereocenters. The molecule has 0 spiro atoms. The van der Waals surface area contributed by atoms with E-state index in [2.05, 4.69) is 10.00 Å². The number of aliphatic carboxylic acids is 1. The third kappa shape index (κ3) is 5.96. The van der Waals surface area contributed by atoms with E-state index in [1.807, 2.05) is 4.68 Å². The van der Waals surface area contributed by atoms with Crippen LogP contribution in [0.15, 0.2) is 30.5 Å². The molecule has 3 fully saturated rings. The summed E-state index contributed by atoms with van der Waals surface area (Å²) in [5, 5.41) is 14.1. The zero-order valence-corrected chi connectivity index (χ0v) is 23.1. The molecule has 2 saturated heterocycles. The summed E-state index contributed by atoms with van der Waals surface area (Å²) in [6.45, 7) is 5.85. The Morgan fingerprint density at radius 1 is 1.03 bits per heavy atom. The van der Waals surface area contributed by atoms with Crippen molar-refractivity contribution in [3.8, 4) is 0 Å². The van der Waals surface area contributed by atoms with Crippen LogP contribution in [-0.4, -0.2) is 62.7 Å². The molecule has 39 heavy (non-hydrogen) atoms. The second-order valence-electron chi connectivity index (χ2n) is 11.6. The molecular formula is C28H36ClF3N4O3. The molecule has 2 aliphatic heterocycles. The summed E-state index contributed by atoms with van der Waals surface area (Å²) < 4.78 is 43.2. The van der Waals surface area contributed by atoms with Gasteiger partial charge in [-0.05, 0) is 64.0 Å². The monoisotopic (exact) mass is 568 g/mol. The van der Waals surface area contributed by atoms with Crippen molar-refractivity contribution in [2.75, 3.05) is 26.2 Å². The summed E-state index contributed by atoms with van der Waals surface area (Å²) in [4.78, 5) is 29.1. The third-order valence-corrected chi connectivity index (χ3v) is 8.27. The van der Waals surface area contributed by atoms with Gasteiger partial charge in [-0.1, -0.05) is 18.2 Å². The Bertz CT molecular complexity index is 1200. The van der Waals surface area contributed by atoms with Crippen LogP contribution in [0.25, 0.3) is 0 Å². The number of carbonyl (C=O) groups is 2. The highest BCUT2D eigenvalue weighted by Crippen LogP contribution is 2.45. The summed E-state index contributed by atoms with van der Waals surface area (Å²) >= 11 is 0. The number of carboxylic acid groups (broad SMARTS) is 1. The van der Waals surface area contributed by atoms with Crippen LogP contribution in [0.5, 0.6) is 0 Å². The molecule has 1 N–H and O–H groups in total. The molecule has 1 aliphatic carbocycles. The van der Waals surface area contributed by atoms with Gasteiger partial charge in [-0.25, -0.2) is 0 Å². The molecule has 3 heterocycles. The average molecular weight is 569 g/mol. The standard InChI is InChI=1S/C28H35F3N4O3.ClH/c1-27(2,26(37)38)17-33-14-11-19(12-15-33)35-24(18-9-10-18)21(16-32-35)25(36)34-13-5-8-23(34)20-6-3-4-7-22(20)28(29,30)31;/h3-4,6-7,16,18-19,23H,5,8-15,17H2,1-2H3,(H,37,38);1H. The van der Waals surface area contributed by atoms with Crippen molar-refractivity contribution in [2.24, 2.45) is 5.41 Å². The molecule has 1 saturated carbocycles. The van der Waals surface area contributed by atoms with Gasteiger partial charge < -0.3 is 14.9 Å². The van der Waals surface area contributed by atoms with E-state index in [0.717, 1.165) is 50.5 Å². The lowest BCUT2D eigenvalue weighted by Gasteiger charge is -2.36. The number of hydrogen-bond acceptors (Lipinski definition) is 4. The van der Waals surface area contributed by atoms with Gasteiger partial charge in [0.05, 0.1) is 40.5 Å². The number of amides is 1. The van der Waals surface area contributed by atoms with Crippen LogP contribution in [0, 0.1) is 5.41 Å². The van der Waals surface area contributed by atoms with E-state index in [9.17, 15) is 27.9 Å². The molecule has 0 bridgehead atoms. The normalized spacial score (nSPS) is 21.2. The lowest BCUT2D eigenvalue weighted by Crippen LogP contribution is -2.43. The Hall–Kier alpha value is -2.59. The first-order valence-electron chi connectivity index (χ1n) is 13.5. The van der Waals surface area contributed by atoms with E-state index in [0.29, 0.717) is 31.5 Å². The lowest BCUT2D eigenvalue weighted by atomic mass is 9.91. The van der Waals surface area contributed by atoms with Crippen LogP contribution in [0.4, 0.5) is 13.2 Å². The Balaban J connectivity index is 0.00000353. The van der Waals surface area contributed by atoms with Crippen molar-refractivity contribution in [1.29, 1.82) is 0 Å². The van der Waals surface area contributed by atoms with Crippen molar-refractivity contribution in [3.63, 3.8) is 0 Å². The third-order valence-electron chi connectivity index (χ3n) is 8.27. The van der Waals surface area contributed by atoms with Gasteiger partial charge in [0.2, 0.25) is 0 Å². The number of hydrogen-bond donors (Lipinski definition) is 1. The Morgan fingerprint density at radius 3 is 2.31 bits per heavy atom. The summed E-state index contributed by atoms with van der Waals surface area (Å²) in [7, 11) is 0. The fourth-order valence-electron chi connectivity index (χ4n) is 6.07. The van der Waals surface area contributed by atoms with E-state index in [1.54, 1.807) is 31.0 Å². The Kier molecular flexibility index (Phi) is 8.38. The Labute approximate surface area is 232 Å². The summed E-state index contributed by atoms with van der Waals surface area (Å²) in [6.07, 6.45) is 1.83. The summed E-state index contributed by atoms with van der Waals surface area (Å²) in [5.74, 6) is -0.814. The van der Waals surface area contributed by atoms with Gasteiger partial charge in [-0.3, -0.25) is 14.3 Å². The largest absolute Gasteiger partial charge is 0.481 e. The molecule has 2 aromatic rings. The Morgan fingerprint density at radius 2 is 1.69 bits per heavy atom. The number of halogens is 4. The van der Waals surface area contributed by atoms with Gasteiger partial charge in [-0.2, -0.15) is 18.3 Å². The molecule has 1 aromatic heterocycles. The highest BCUT2D eigenvalue weighted by atomic mass is 35.5. The van der Waals surface area contributed by atoms with Crippen LogP contribution < -0.4 is 0 Å². The topological polar surface area (TPSA) is 78.7 Å². The van der Waals surface area contributed by atoms with E-state index in [-0.39, 0.29) is 35.8 Å². The van der Waals surface area contributed by atoms with Crippen LogP contribution in [0.2, 0.25) is 0 Å². The number of carbonyl (C=O) groups excluding carboxylic acids is 1. The van der Waals surface area contributed by atoms with Crippen LogP contribution in [-0.2, 0) is 11.0 Å². The minimum absolute atomic E-state index is 0. The maximum absolute atomic E-state index is 13.8. The maximum atomic E-state index is 13.8. The highest BCUT2D eigenvalue weighted by molar-refractivity contribution is 5.96. The molecule has 7 nitrogen and oxygen atoms in total. The number of benzene rings is 1. The lowest BCUT2D eigenvalue weighted by molar-refractivity contribution is -0.148. The first-order chi connectivity index (χ1) is 18.0. The van der Waals surface area contributed by atoms with Crippen molar-refractivity contribution < 1.29 is 27.9 Å². The van der Waals surface area contributed by atoms with Crippen LogP contribution in [0.1, 0.15) is 97.6 Å². The van der Waals surface area contributed by atoms with E-state index in [4.69, 9.17) is 0 Å². The summed E-state index contributed by atoms with van der Waals surface area (Å²) in [5.41, 5.74) is 0.0739. The van der Waals surface area contributed by atoms with Crippen LogP contribution >= 0.6 is 12.4 Å². The number of carboxylic acids is 1. The van der Waals surface area contributed by atoms with E-state index >= 15 is 0 Å². The van der Waals surface area contributed by atoms with Crippen LogP contribution in [0.3, 0.4) is 0 Å². The second kappa shape index (κ2) is 11.1. The second-order valence-corrected chi connectivity index (χ2v) is 11.6. The van der Waals surface area contributed by atoms with Crippen molar-refractivity contribution in [2.45, 2.75) is 76.6 Å². The van der Waals surface area contributed by atoms with Gasteiger partial charge in [0.15, 0.2) is 0 Å². The highest BCUT2D eigenvalue weighted by Gasteiger charge is 2.42. The smallest absolute Gasteiger partial charge is 0.416 e. The predicted molar refractivity (Wildman–Crippen MR) is 142 cm³/mol. The molecule has 1 amide bonds. The first kappa shape index (κ1) is 29.4. The van der Waals surface area contributed by atoms with E-state index in [1.165, 1.54) is 12.1 Å². The SMILES string of the molecule is CC(C)(CN1CCC(n2ncc(C(=O)N3CCCC3c3ccccc3C(F)(F)F)c2C2CC2)CC1)C(=O)O.Cl. The van der Waals surface area contributed by atoms with Gasteiger partial charge >= 0.3 is 12.1 Å². The molecule has 1 aromatic carbocycles. The fourth-order valence-corrected chi connectivity index (χ4v) is 6.07. The summed E-state index contributed by atoms with van der Waals surface area (Å²) in [6, 6.07) is 5.06. The minimum atomic E-state index is -4.48. The van der Waals surface area contributed by atoms with Crippen molar-refractivity contribution in [3.05, 3.63) is 52.8 Å². The zero-order valence-electron chi connectivity index (χ0n) is 22.3. The van der Waals surface area contributed by atoms with Crippen molar-refractivity contribution in [1.82, 2.24) is 19.6 Å². The fraction of sp³-hybridized carbons (Fsp3) is 0.607.